The van der Waals surface area contributed by atoms with Crippen LogP contribution in [0.5, 0.6) is 0 Å². The first-order chi connectivity index (χ1) is 38.1. The molecule has 0 spiro atoms. The standard InChI is InChI=1S/C65H122O12S/c1-3-5-7-9-11-13-15-17-19-21-23-25-27-29-31-33-35-37-39-41-43-45-47-49-51-53-55-73-57-59(58-74-65-63(69)64(77-78(70,71)72)62(68)60(56-66)76-65)75-61(67)54-52-50-48-46-44-42-40-38-36-34-32-30-28-26-24-22-20-18-16-14-12-10-8-6-4-2/h16,18,21-24,59-60,62-66,68-69H,3-15,17,19-20,25-58H2,1-2H3,(H,70,71,72)/b18-16-,23-21-,24-22-. The van der Waals surface area contributed by atoms with Crippen LogP contribution in [0.2, 0.25) is 0 Å². The van der Waals surface area contributed by atoms with Crippen LogP contribution in [0.1, 0.15) is 309 Å². The van der Waals surface area contributed by atoms with Gasteiger partial charge in [0.1, 0.15) is 30.5 Å². The van der Waals surface area contributed by atoms with Crippen molar-refractivity contribution in [2.24, 2.45) is 0 Å². The van der Waals surface area contributed by atoms with Gasteiger partial charge in [0.15, 0.2) is 6.29 Å². The Morgan fingerprint density at radius 1 is 0.487 bits per heavy atom. The molecule has 6 atom stereocenters. The number of hydrogen-bond donors (Lipinski definition) is 4. The fourth-order valence-electron chi connectivity index (χ4n) is 10.3. The molecule has 12 nitrogen and oxygen atoms in total. The van der Waals surface area contributed by atoms with Crippen LogP contribution < -0.4 is 0 Å². The Bertz CT molecular complexity index is 1490. The number of carbonyl (C=O) groups is 1. The highest BCUT2D eigenvalue weighted by molar-refractivity contribution is 7.80. The summed E-state index contributed by atoms with van der Waals surface area (Å²) in [6.45, 7) is 4.05. The molecular formula is C65H122O12S. The monoisotopic (exact) mass is 1130 g/mol. The van der Waals surface area contributed by atoms with E-state index < -0.39 is 59.8 Å². The van der Waals surface area contributed by atoms with E-state index in [1.165, 1.54) is 238 Å². The van der Waals surface area contributed by atoms with Crippen LogP contribution in [0.15, 0.2) is 36.5 Å². The Kier molecular flexibility index (Phi) is 53.2. The van der Waals surface area contributed by atoms with Gasteiger partial charge >= 0.3 is 16.4 Å². The van der Waals surface area contributed by atoms with Crippen LogP contribution in [-0.2, 0) is 38.3 Å². The number of esters is 1. The number of rotatable bonds is 59. The summed E-state index contributed by atoms with van der Waals surface area (Å²) in [5.74, 6) is -0.394. The molecule has 1 rings (SSSR count). The van der Waals surface area contributed by atoms with E-state index in [-0.39, 0.29) is 19.6 Å². The van der Waals surface area contributed by atoms with E-state index in [0.29, 0.717) is 13.0 Å². The van der Waals surface area contributed by atoms with Gasteiger partial charge in [0.2, 0.25) is 0 Å². The van der Waals surface area contributed by atoms with Gasteiger partial charge in [-0.05, 0) is 70.6 Å². The number of ether oxygens (including phenoxy) is 4. The van der Waals surface area contributed by atoms with Crippen molar-refractivity contribution in [1.29, 1.82) is 0 Å². The molecule has 0 bridgehead atoms. The SMILES string of the molecule is CCCCCCC/C=C\C/C=C\CCCCCCCCCCCCCCCC(=O)OC(COCCCCCCCCCCCCCCCC/C=C\CCCCCCCCCC)COC1OC(CO)C(O)C(OS(=O)(=O)O)C1O. The van der Waals surface area contributed by atoms with Crippen molar-refractivity contribution in [1.82, 2.24) is 0 Å². The Hall–Kier alpha value is -1.68. The van der Waals surface area contributed by atoms with Crippen molar-refractivity contribution in [2.45, 2.75) is 346 Å². The first-order valence-electron chi connectivity index (χ1n) is 32.7. The topological polar surface area (TPSA) is 178 Å². The lowest BCUT2D eigenvalue weighted by atomic mass is 9.99. The van der Waals surface area contributed by atoms with E-state index >= 15 is 0 Å². The fraction of sp³-hybridized carbons (Fsp3) is 0.892. The molecule has 0 saturated carbocycles. The molecule has 0 radical (unpaired) electrons. The summed E-state index contributed by atoms with van der Waals surface area (Å²) in [6, 6.07) is 0. The van der Waals surface area contributed by atoms with Gasteiger partial charge in [-0.25, -0.2) is 4.18 Å². The van der Waals surface area contributed by atoms with Gasteiger partial charge in [-0.2, -0.15) is 8.42 Å². The van der Waals surface area contributed by atoms with Gasteiger partial charge in [0.05, 0.1) is 19.8 Å². The van der Waals surface area contributed by atoms with Crippen molar-refractivity contribution in [3.05, 3.63) is 36.5 Å². The van der Waals surface area contributed by atoms with Crippen LogP contribution in [0.25, 0.3) is 0 Å². The lowest BCUT2D eigenvalue weighted by Gasteiger charge is -2.41. The minimum absolute atomic E-state index is 0.0393. The summed E-state index contributed by atoms with van der Waals surface area (Å²) >= 11 is 0. The summed E-state index contributed by atoms with van der Waals surface area (Å²) in [5, 5.41) is 30.9. The average Bonchev–Trinajstić information content (AvgIpc) is 3.46. The van der Waals surface area contributed by atoms with Crippen molar-refractivity contribution in [3.63, 3.8) is 0 Å². The Balaban J connectivity index is 2.23. The summed E-state index contributed by atoms with van der Waals surface area (Å²) in [4.78, 5) is 13.0. The van der Waals surface area contributed by atoms with E-state index in [1.807, 2.05) is 0 Å². The molecule has 0 amide bonds. The normalized spacial score (nSPS) is 18.6. The Labute approximate surface area is 479 Å². The maximum atomic E-state index is 13.0. The predicted octanol–water partition coefficient (Wildman–Crippen LogP) is 17.2. The highest BCUT2D eigenvalue weighted by Gasteiger charge is 2.48. The highest BCUT2D eigenvalue weighted by atomic mass is 32.3. The largest absolute Gasteiger partial charge is 0.457 e. The number of hydrogen-bond acceptors (Lipinski definition) is 11. The van der Waals surface area contributed by atoms with Crippen molar-refractivity contribution < 1.29 is 56.2 Å². The maximum absolute atomic E-state index is 13.0. The van der Waals surface area contributed by atoms with Crippen LogP contribution in [0.4, 0.5) is 0 Å². The molecule has 4 N–H and O–H groups in total. The molecule has 1 fully saturated rings. The highest BCUT2D eigenvalue weighted by Crippen LogP contribution is 2.26. The van der Waals surface area contributed by atoms with Gasteiger partial charge in [-0.3, -0.25) is 9.35 Å². The minimum atomic E-state index is -5.07. The Morgan fingerprint density at radius 3 is 1.23 bits per heavy atom. The molecule has 0 aliphatic carbocycles. The molecule has 78 heavy (non-hydrogen) atoms. The average molecular weight is 1130 g/mol. The van der Waals surface area contributed by atoms with Crippen LogP contribution >= 0.6 is 0 Å². The van der Waals surface area contributed by atoms with Crippen molar-refractivity contribution in [2.75, 3.05) is 26.4 Å². The summed E-state index contributed by atoms with van der Waals surface area (Å²) < 4.78 is 59.6. The molecular weight excluding hydrogens is 1000 g/mol. The smallest absolute Gasteiger partial charge is 0.397 e. The second-order valence-corrected chi connectivity index (χ2v) is 23.8. The third-order valence-corrected chi connectivity index (χ3v) is 15.7. The molecule has 0 aromatic heterocycles. The van der Waals surface area contributed by atoms with E-state index in [4.69, 9.17) is 18.9 Å². The van der Waals surface area contributed by atoms with E-state index in [2.05, 4.69) is 54.5 Å². The summed E-state index contributed by atoms with van der Waals surface area (Å²) in [6.07, 6.45) is 62.0. The molecule has 460 valence electrons. The third kappa shape index (κ3) is 47.9. The van der Waals surface area contributed by atoms with Gasteiger partial charge in [-0.1, -0.05) is 269 Å². The Morgan fingerprint density at radius 2 is 0.846 bits per heavy atom. The third-order valence-electron chi connectivity index (χ3n) is 15.2. The van der Waals surface area contributed by atoms with Gasteiger partial charge < -0.3 is 34.3 Å². The quantitative estimate of drug-likeness (QED) is 0.0196. The number of carbonyl (C=O) groups excluding carboxylic acids is 1. The zero-order valence-corrected chi connectivity index (χ0v) is 51.1. The first kappa shape index (κ1) is 74.3. The van der Waals surface area contributed by atoms with Gasteiger partial charge in [0, 0.05) is 13.0 Å². The fourth-order valence-corrected chi connectivity index (χ4v) is 10.8. The number of allylic oxidation sites excluding steroid dienone is 6. The second-order valence-electron chi connectivity index (χ2n) is 22.7. The van der Waals surface area contributed by atoms with E-state index in [9.17, 15) is 33.1 Å². The molecule has 0 aromatic rings. The predicted molar refractivity (Wildman–Crippen MR) is 322 cm³/mol. The molecule has 13 heteroatoms. The number of aliphatic hydroxyl groups excluding tert-OH is 3. The van der Waals surface area contributed by atoms with E-state index in [1.54, 1.807) is 0 Å². The van der Waals surface area contributed by atoms with Crippen LogP contribution in [0.3, 0.4) is 0 Å². The lowest BCUT2D eigenvalue weighted by molar-refractivity contribution is -0.301. The van der Waals surface area contributed by atoms with Crippen molar-refractivity contribution in [3.8, 4) is 0 Å². The zero-order chi connectivity index (χ0) is 56.7. The van der Waals surface area contributed by atoms with Crippen molar-refractivity contribution >= 4 is 16.4 Å². The van der Waals surface area contributed by atoms with Crippen LogP contribution in [0, 0.1) is 0 Å². The molecule has 1 aliphatic heterocycles. The minimum Gasteiger partial charge on any atom is -0.457 e. The van der Waals surface area contributed by atoms with Crippen LogP contribution in [-0.4, -0.2) is 97.5 Å². The molecule has 0 aromatic carbocycles. The molecule has 1 heterocycles. The van der Waals surface area contributed by atoms with Gasteiger partial charge in [0.25, 0.3) is 0 Å². The van der Waals surface area contributed by atoms with Gasteiger partial charge in [-0.15, -0.1) is 0 Å². The second kappa shape index (κ2) is 55.8. The number of unbranched alkanes of at least 4 members (excludes halogenated alkanes) is 40. The number of aliphatic hydroxyl groups is 3. The molecule has 1 aliphatic rings. The summed E-state index contributed by atoms with van der Waals surface area (Å²) in [5.41, 5.74) is 0. The molecule has 1 saturated heterocycles. The van der Waals surface area contributed by atoms with E-state index in [0.717, 1.165) is 44.9 Å². The maximum Gasteiger partial charge on any atom is 0.397 e. The summed E-state index contributed by atoms with van der Waals surface area (Å²) in [7, 11) is -5.07. The molecule has 6 unspecified atom stereocenters. The zero-order valence-electron chi connectivity index (χ0n) is 50.2. The lowest BCUT2D eigenvalue weighted by Crippen LogP contribution is -2.60. The first-order valence-corrected chi connectivity index (χ1v) is 34.1.